The van der Waals surface area contributed by atoms with E-state index in [0.29, 0.717) is 18.2 Å². The molecule has 0 aromatic heterocycles. The molecular formula is C26H21N5O6. The van der Waals surface area contributed by atoms with Crippen LogP contribution in [-0.4, -0.2) is 14.8 Å². The van der Waals surface area contributed by atoms with Gasteiger partial charge in [0.25, 0.3) is 17.1 Å². The summed E-state index contributed by atoms with van der Waals surface area (Å²) in [5.74, 6) is 0. The van der Waals surface area contributed by atoms with E-state index in [1.54, 1.807) is 0 Å². The zero-order valence-corrected chi connectivity index (χ0v) is 19.3. The van der Waals surface area contributed by atoms with Gasteiger partial charge in [-0.1, -0.05) is 72.8 Å². The van der Waals surface area contributed by atoms with Crippen molar-refractivity contribution < 1.29 is 14.8 Å². The van der Waals surface area contributed by atoms with Crippen molar-refractivity contribution in [3.8, 4) is 0 Å². The quantitative estimate of drug-likeness (QED) is 0.166. The monoisotopic (exact) mass is 499 g/mol. The van der Waals surface area contributed by atoms with Crippen molar-refractivity contribution in [1.29, 1.82) is 0 Å². The first kappa shape index (κ1) is 26.0. The van der Waals surface area contributed by atoms with Crippen LogP contribution in [0.3, 0.4) is 0 Å². The Hall–Kier alpha value is -5.58. The summed E-state index contributed by atoms with van der Waals surface area (Å²) in [6.07, 6.45) is 0. The van der Waals surface area contributed by atoms with Gasteiger partial charge in [0.2, 0.25) is 0 Å². The van der Waals surface area contributed by atoms with Crippen LogP contribution >= 0.6 is 0 Å². The maximum absolute atomic E-state index is 10.3. The number of nitrogen functional groups attached to an aromatic ring is 2. The van der Waals surface area contributed by atoms with E-state index >= 15 is 0 Å². The molecule has 5 rings (SSSR count). The van der Waals surface area contributed by atoms with Gasteiger partial charge in [0.05, 0.1) is 33.0 Å². The molecule has 0 bridgehead atoms. The van der Waals surface area contributed by atoms with E-state index in [-0.39, 0.29) is 0 Å². The molecule has 0 atom stereocenters. The van der Waals surface area contributed by atoms with Crippen LogP contribution in [0.4, 0.5) is 28.4 Å². The number of nitrogens with zero attached hydrogens (tertiary/aromatic N) is 3. The molecule has 186 valence electrons. The van der Waals surface area contributed by atoms with Crippen molar-refractivity contribution >= 4 is 50.0 Å². The molecule has 0 amide bonds. The molecule has 11 nitrogen and oxygen atoms in total. The van der Waals surface area contributed by atoms with Gasteiger partial charge in [0.1, 0.15) is 0 Å². The summed E-state index contributed by atoms with van der Waals surface area (Å²) in [7, 11) is 0. The Labute approximate surface area is 210 Å². The Morgan fingerprint density at radius 1 is 0.459 bits per heavy atom. The lowest BCUT2D eigenvalue weighted by atomic mass is 10.1. The molecule has 5 aromatic carbocycles. The lowest BCUT2D eigenvalue weighted by molar-refractivity contribution is -0.403. The van der Waals surface area contributed by atoms with Crippen molar-refractivity contribution in [2.75, 3.05) is 11.5 Å². The fourth-order valence-electron chi connectivity index (χ4n) is 3.40. The molecular weight excluding hydrogens is 478 g/mol. The lowest BCUT2D eigenvalue weighted by Gasteiger charge is -1.98. The van der Waals surface area contributed by atoms with Gasteiger partial charge in [-0.25, -0.2) is 0 Å². The number of rotatable bonds is 3. The minimum absolute atomic E-state index is 0.660. The van der Waals surface area contributed by atoms with E-state index in [0.717, 1.165) is 22.1 Å². The molecule has 0 spiro atoms. The first-order valence-electron chi connectivity index (χ1n) is 10.7. The van der Waals surface area contributed by atoms with Crippen molar-refractivity contribution in [3.05, 3.63) is 133 Å². The maximum Gasteiger partial charge on any atom is 0.283 e. The van der Waals surface area contributed by atoms with Gasteiger partial charge < -0.3 is 11.5 Å². The first-order chi connectivity index (χ1) is 17.7. The highest BCUT2D eigenvalue weighted by atomic mass is 16.6. The summed E-state index contributed by atoms with van der Waals surface area (Å²) in [5.41, 5.74) is 11.2. The Kier molecular flexibility index (Phi) is 8.24. The SMILES string of the molecule is Nc1cccc2ccccc12.Nc1cccc2ccccc12.O=[N+]([O-])c1cc([N+](=O)[O-])cc([N+](=O)[O-])c1. The van der Waals surface area contributed by atoms with Crippen LogP contribution in [0, 0.1) is 30.3 Å². The van der Waals surface area contributed by atoms with E-state index in [4.69, 9.17) is 11.5 Å². The second-order valence-corrected chi connectivity index (χ2v) is 7.62. The highest BCUT2D eigenvalue weighted by Crippen LogP contribution is 2.27. The molecule has 0 saturated carbocycles. The third kappa shape index (κ3) is 6.73. The van der Waals surface area contributed by atoms with Crippen LogP contribution in [0.2, 0.25) is 0 Å². The Morgan fingerprint density at radius 3 is 1.05 bits per heavy atom. The summed E-state index contributed by atoms with van der Waals surface area (Å²) in [6.45, 7) is 0. The van der Waals surface area contributed by atoms with Crippen LogP contribution in [0.15, 0.2) is 103 Å². The van der Waals surface area contributed by atoms with E-state index < -0.39 is 31.8 Å². The first-order valence-corrected chi connectivity index (χ1v) is 10.7. The third-order valence-electron chi connectivity index (χ3n) is 5.17. The second kappa shape index (κ2) is 11.7. The van der Waals surface area contributed by atoms with Crippen molar-refractivity contribution in [2.24, 2.45) is 0 Å². The zero-order valence-electron chi connectivity index (χ0n) is 19.3. The van der Waals surface area contributed by atoms with Crippen molar-refractivity contribution in [1.82, 2.24) is 0 Å². The second-order valence-electron chi connectivity index (χ2n) is 7.62. The van der Waals surface area contributed by atoms with E-state index in [1.165, 1.54) is 10.8 Å². The molecule has 0 heterocycles. The number of nitro benzene ring substituents is 3. The average molecular weight is 499 g/mol. The summed E-state index contributed by atoms with van der Waals surface area (Å²) in [5, 5.41) is 35.6. The number of hydrogen-bond acceptors (Lipinski definition) is 8. The van der Waals surface area contributed by atoms with E-state index in [1.807, 2.05) is 60.7 Å². The molecule has 0 fully saturated rings. The molecule has 5 aromatic rings. The minimum atomic E-state index is -0.931. The number of anilines is 2. The van der Waals surface area contributed by atoms with Crippen molar-refractivity contribution in [3.63, 3.8) is 0 Å². The number of hydrogen-bond donors (Lipinski definition) is 2. The summed E-state index contributed by atoms with van der Waals surface area (Å²) in [4.78, 5) is 28.1. The third-order valence-corrected chi connectivity index (χ3v) is 5.17. The molecule has 0 aliphatic heterocycles. The Bertz CT molecular complexity index is 1440. The maximum atomic E-state index is 10.3. The van der Waals surface area contributed by atoms with Gasteiger partial charge in [-0.15, -0.1) is 0 Å². The van der Waals surface area contributed by atoms with Crippen LogP contribution in [0.5, 0.6) is 0 Å². The van der Waals surface area contributed by atoms with Crippen LogP contribution in [0.25, 0.3) is 21.5 Å². The van der Waals surface area contributed by atoms with Crippen LogP contribution in [-0.2, 0) is 0 Å². The highest BCUT2D eigenvalue weighted by molar-refractivity contribution is 5.93. The van der Waals surface area contributed by atoms with Gasteiger partial charge in [0, 0.05) is 22.1 Å². The molecule has 0 saturated heterocycles. The summed E-state index contributed by atoms with van der Waals surface area (Å²) in [6, 6.07) is 30.1. The number of fused-ring (bicyclic) bond motifs is 2. The number of non-ortho nitro benzene ring substituents is 3. The Morgan fingerprint density at radius 2 is 0.757 bits per heavy atom. The molecule has 4 N–H and O–H groups in total. The largest absolute Gasteiger partial charge is 0.398 e. The zero-order chi connectivity index (χ0) is 26.9. The van der Waals surface area contributed by atoms with Crippen LogP contribution < -0.4 is 11.5 Å². The number of benzene rings is 5. The highest BCUT2D eigenvalue weighted by Gasteiger charge is 2.21. The van der Waals surface area contributed by atoms with E-state index in [2.05, 4.69) is 24.3 Å². The molecule has 0 unspecified atom stereocenters. The minimum Gasteiger partial charge on any atom is -0.398 e. The molecule has 0 radical (unpaired) electrons. The fourth-order valence-corrected chi connectivity index (χ4v) is 3.40. The molecule has 11 heteroatoms. The fraction of sp³-hybridized carbons (Fsp3) is 0. The average Bonchev–Trinajstić information content (AvgIpc) is 2.90. The van der Waals surface area contributed by atoms with Gasteiger partial charge in [-0.2, -0.15) is 0 Å². The van der Waals surface area contributed by atoms with Gasteiger partial charge in [0.15, 0.2) is 0 Å². The van der Waals surface area contributed by atoms with E-state index in [9.17, 15) is 30.3 Å². The summed E-state index contributed by atoms with van der Waals surface area (Å²) >= 11 is 0. The topological polar surface area (TPSA) is 181 Å². The van der Waals surface area contributed by atoms with Crippen molar-refractivity contribution in [2.45, 2.75) is 0 Å². The number of nitrogens with two attached hydrogens (primary N) is 2. The molecule has 0 aliphatic carbocycles. The van der Waals surface area contributed by atoms with Gasteiger partial charge in [-0.3, -0.25) is 30.3 Å². The Balaban J connectivity index is 0.000000156. The lowest BCUT2D eigenvalue weighted by Crippen LogP contribution is -1.96. The normalized spacial score (nSPS) is 9.95. The number of nitro groups is 3. The smallest absolute Gasteiger partial charge is 0.283 e. The van der Waals surface area contributed by atoms with Crippen LogP contribution in [0.1, 0.15) is 0 Å². The predicted molar refractivity (Wildman–Crippen MR) is 143 cm³/mol. The van der Waals surface area contributed by atoms with Gasteiger partial charge in [-0.05, 0) is 22.9 Å². The predicted octanol–water partition coefficient (Wildman–Crippen LogP) is 6.26. The standard InChI is InChI=1S/2C10H9N.C6H3N3O6/c2*11-10-7-3-5-8-4-1-2-6-9(8)10;10-7(11)4-1-5(8(12)13)3-6(2-4)9(14)15/h2*1-7H,11H2;1-3H. The molecule has 0 aliphatic rings. The van der Waals surface area contributed by atoms with Gasteiger partial charge >= 0.3 is 0 Å². The molecule has 37 heavy (non-hydrogen) atoms. The summed E-state index contributed by atoms with van der Waals surface area (Å²) < 4.78 is 0.